The number of carbonyl (C=O) groups excluding carboxylic acids is 1. The van der Waals surface area contributed by atoms with Crippen molar-refractivity contribution in [1.29, 1.82) is 0 Å². The second kappa shape index (κ2) is 7.23. The highest BCUT2D eigenvalue weighted by Gasteiger charge is 2.49. The number of rotatable bonds is 5. The van der Waals surface area contributed by atoms with Gasteiger partial charge in [-0.05, 0) is 37.6 Å². The van der Waals surface area contributed by atoms with Gasteiger partial charge in [-0.15, -0.1) is 0 Å². The SMILES string of the molecule is C[C@@]1(F)C[C@H](F)[C@@](C)(c2cc(CC(=O)c3ccn(C(F)F)n3)ccc2F)N=C1N. The standard InChI is InChI=1S/C19H19F5N4O/c1-18(24)9-15(21)19(2,26-16(18)25)11-7-10(3-4-12(11)20)8-14(29)13-5-6-28(27-13)17(22)23/h3-7,15,17H,8-9H2,1-2H3,(H2,25,26)/t15-,18+,19+/m0/s1. The number of aromatic nitrogens is 2. The van der Waals surface area contributed by atoms with E-state index in [-0.39, 0.29) is 17.7 Å². The van der Waals surface area contributed by atoms with Gasteiger partial charge in [0.2, 0.25) is 0 Å². The number of halogens is 5. The van der Waals surface area contributed by atoms with E-state index in [0.29, 0.717) is 10.2 Å². The maximum atomic E-state index is 14.8. The summed E-state index contributed by atoms with van der Waals surface area (Å²) < 4.78 is 69.1. The Morgan fingerprint density at radius 2 is 2.03 bits per heavy atom. The van der Waals surface area contributed by atoms with E-state index in [9.17, 15) is 26.7 Å². The van der Waals surface area contributed by atoms with Crippen LogP contribution in [0.3, 0.4) is 0 Å². The molecule has 0 unspecified atom stereocenters. The van der Waals surface area contributed by atoms with Crippen LogP contribution in [0.2, 0.25) is 0 Å². The lowest BCUT2D eigenvalue weighted by atomic mass is 9.78. The first-order valence-electron chi connectivity index (χ1n) is 8.78. The molecule has 10 heteroatoms. The molecule has 2 aromatic rings. The van der Waals surface area contributed by atoms with E-state index in [4.69, 9.17) is 5.73 Å². The Morgan fingerprint density at radius 3 is 2.66 bits per heavy atom. The third kappa shape index (κ3) is 3.88. The van der Waals surface area contributed by atoms with Crippen molar-refractivity contribution in [2.24, 2.45) is 10.7 Å². The van der Waals surface area contributed by atoms with Crippen LogP contribution in [0.25, 0.3) is 0 Å². The number of carbonyl (C=O) groups is 1. The molecule has 0 spiro atoms. The summed E-state index contributed by atoms with van der Waals surface area (Å²) in [5.41, 5.74) is 1.65. The van der Waals surface area contributed by atoms with Crippen molar-refractivity contribution >= 4 is 11.6 Å². The topological polar surface area (TPSA) is 73.3 Å². The van der Waals surface area contributed by atoms with Crippen molar-refractivity contribution in [3.63, 3.8) is 0 Å². The van der Waals surface area contributed by atoms with Crippen LogP contribution in [-0.4, -0.2) is 33.2 Å². The fourth-order valence-corrected chi connectivity index (χ4v) is 3.25. The Kier molecular flexibility index (Phi) is 5.22. The van der Waals surface area contributed by atoms with Crippen molar-refractivity contribution in [3.05, 3.63) is 53.1 Å². The quantitative estimate of drug-likeness (QED) is 0.596. The summed E-state index contributed by atoms with van der Waals surface area (Å²) in [7, 11) is 0. The fourth-order valence-electron chi connectivity index (χ4n) is 3.25. The second-order valence-electron chi connectivity index (χ2n) is 7.39. The molecule has 0 saturated heterocycles. The third-order valence-electron chi connectivity index (χ3n) is 5.09. The number of hydrogen-bond acceptors (Lipinski definition) is 4. The van der Waals surface area contributed by atoms with Crippen LogP contribution in [0.4, 0.5) is 22.0 Å². The summed E-state index contributed by atoms with van der Waals surface area (Å²) in [5, 5.41) is 3.49. The Bertz CT molecular complexity index is 971. The molecule has 0 aliphatic carbocycles. The van der Waals surface area contributed by atoms with Gasteiger partial charge < -0.3 is 5.73 Å². The molecule has 2 heterocycles. The van der Waals surface area contributed by atoms with Crippen LogP contribution in [0, 0.1) is 5.82 Å². The largest absolute Gasteiger partial charge is 0.385 e. The molecule has 3 rings (SSSR count). The molecular formula is C19H19F5N4O. The zero-order valence-corrected chi connectivity index (χ0v) is 15.7. The molecule has 0 saturated carbocycles. The molecule has 1 aliphatic rings. The summed E-state index contributed by atoms with van der Waals surface area (Å²) in [5.74, 6) is -1.80. The number of Topliss-reactive ketones (excluding diaryl/α,β-unsaturated/α-hetero) is 1. The van der Waals surface area contributed by atoms with Gasteiger partial charge in [0.1, 0.15) is 29.1 Å². The molecule has 5 nitrogen and oxygen atoms in total. The minimum Gasteiger partial charge on any atom is -0.385 e. The first kappa shape index (κ1) is 20.9. The number of nitrogens with zero attached hydrogens (tertiary/aromatic N) is 3. The summed E-state index contributed by atoms with van der Waals surface area (Å²) in [6.07, 6.45) is -1.75. The van der Waals surface area contributed by atoms with E-state index in [1.54, 1.807) is 0 Å². The van der Waals surface area contributed by atoms with Gasteiger partial charge in [-0.3, -0.25) is 9.79 Å². The summed E-state index contributed by atoms with van der Waals surface area (Å²) >= 11 is 0. The van der Waals surface area contributed by atoms with Crippen molar-refractivity contribution in [1.82, 2.24) is 9.78 Å². The number of aliphatic imine (C=N–C) groups is 1. The van der Waals surface area contributed by atoms with Gasteiger partial charge in [-0.1, -0.05) is 6.07 Å². The Morgan fingerprint density at radius 1 is 1.34 bits per heavy atom. The highest BCUT2D eigenvalue weighted by atomic mass is 19.3. The monoisotopic (exact) mass is 414 g/mol. The molecule has 0 bridgehead atoms. The van der Waals surface area contributed by atoms with Crippen molar-refractivity contribution in [2.75, 3.05) is 0 Å². The number of benzene rings is 1. The average molecular weight is 414 g/mol. The molecule has 3 atom stereocenters. The lowest BCUT2D eigenvalue weighted by Gasteiger charge is -2.39. The van der Waals surface area contributed by atoms with Gasteiger partial charge >= 0.3 is 6.55 Å². The summed E-state index contributed by atoms with van der Waals surface area (Å²) in [6.45, 7) is -0.484. The maximum absolute atomic E-state index is 14.8. The third-order valence-corrected chi connectivity index (χ3v) is 5.09. The van der Waals surface area contributed by atoms with Gasteiger partial charge in [0.15, 0.2) is 11.5 Å². The first-order chi connectivity index (χ1) is 13.4. The Balaban J connectivity index is 1.92. The fraction of sp³-hybridized carbons (Fsp3) is 0.421. The van der Waals surface area contributed by atoms with Gasteiger partial charge in [0, 0.05) is 24.6 Å². The van der Waals surface area contributed by atoms with Crippen molar-refractivity contribution in [2.45, 2.75) is 50.6 Å². The highest BCUT2D eigenvalue weighted by Crippen LogP contribution is 2.42. The second-order valence-corrected chi connectivity index (χ2v) is 7.39. The predicted octanol–water partition coefficient (Wildman–Crippen LogP) is 3.89. The minimum absolute atomic E-state index is 0.174. The van der Waals surface area contributed by atoms with Crippen LogP contribution >= 0.6 is 0 Å². The average Bonchev–Trinajstić information content (AvgIpc) is 3.12. The molecule has 29 heavy (non-hydrogen) atoms. The zero-order chi connectivity index (χ0) is 21.6. The van der Waals surface area contributed by atoms with Crippen molar-refractivity contribution in [3.8, 4) is 0 Å². The smallest absolute Gasteiger partial charge is 0.333 e. The normalized spacial score (nSPS) is 27.2. The van der Waals surface area contributed by atoms with Gasteiger partial charge in [0.25, 0.3) is 0 Å². The van der Waals surface area contributed by atoms with E-state index in [0.717, 1.165) is 25.3 Å². The van der Waals surface area contributed by atoms with Crippen LogP contribution < -0.4 is 5.73 Å². The molecule has 1 aromatic heterocycles. The molecule has 1 aromatic carbocycles. The summed E-state index contributed by atoms with van der Waals surface area (Å²) in [6, 6.07) is 4.75. The van der Waals surface area contributed by atoms with Crippen molar-refractivity contribution < 1.29 is 26.7 Å². The maximum Gasteiger partial charge on any atom is 0.333 e. The predicted molar refractivity (Wildman–Crippen MR) is 95.9 cm³/mol. The number of nitrogens with two attached hydrogens (primary N) is 1. The van der Waals surface area contributed by atoms with Gasteiger partial charge in [0.05, 0.1) is 0 Å². The minimum atomic E-state index is -2.88. The van der Waals surface area contributed by atoms with E-state index in [1.165, 1.54) is 19.1 Å². The molecule has 1 aliphatic heterocycles. The van der Waals surface area contributed by atoms with E-state index >= 15 is 0 Å². The highest BCUT2D eigenvalue weighted by molar-refractivity contribution is 5.95. The van der Waals surface area contributed by atoms with Crippen LogP contribution in [0.15, 0.2) is 35.5 Å². The lowest BCUT2D eigenvalue weighted by molar-refractivity contribution is 0.0560. The molecular weight excluding hydrogens is 395 g/mol. The molecule has 156 valence electrons. The molecule has 0 radical (unpaired) electrons. The van der Waals surface area contributed by atoms with Gasteiger partial charge in [-0.25, -0.2) is 17.9 Å². The molecule has 0 fully saturated rings. The van der Waals surface area contributed by atoms with Crippen LogP contribution in [-0.2, 0) is 12.0 Å². The number of alkyl halides is 4. The molecule has 0 amide bonds. The van der Waals surface area contributed by atoms with E-state index in [2.05, 4.69) is 10.1 Å². The zero-order valence-electron chi connectivity index (χ0n) is 15.7. The summed E-state index contributed by atoms with van der Waals surface area (Å²) in [4.78, 5) is 16.2. The van der Waals surface area contributed by atoms with E-state index in [1.807, 2.05) is 0 Å². The van der Waals surface area contributed by atoms with Crippen LogP contribution in [0.5, 0.6) is 0 Å². The van der Waals surface area contributed by atoms with E-state index < -0.39 is 47.8 Å². The van der Waals surface area contributed by atoms with Crippen LogP contribution in [0.1, 0.15) is 48.4 Å². The first-order valence-corrected chi connectivity index (χ1v) is 8.78. The Hall–Kier alpha value is -2.78. The number of hydrogen-bond donors (Lipinski definition) is 1. The Labute approximate surface area is 163 Å². The number of ketones is 1. The lowest BCUT2D eigenvalue weighted by Crippen LogP contribution is -2.51. The number of amidine groups is 1. The van der Waals surface area contributed by atoms with Gasteiger partial charge in [-0.2, -0.15) is 13.9 Å². The molecule has 2 N–H and O–H groups in total.